The highest BCUT2D eigenvalue weighted by Crippen LogP contribution is 2.37. The van der Waals surface area contributed by atoms with Gasteiger partial charge in [-0.3, -0.25) is 5.10 Å². The molecule has 0 unspecified atom stereocenters. The van der Waals surface area contributed by atoms with E-state index in [1.165, 1.54) is 24.3 Å². The van der Waals surface area contributed by atoms with E-state index < -0.39 is 5.51 Å². The van der Waals surface area contributed by atoms with Crippen LogP contribution in [0.2, 0.25) is 0 Å². The molecule has 0 saturated heterocycles. The number of halogens is 3. The summed E-state index contributed by atoms with van der Waals surface area (Å²) in [4.78, 5) is 18.5. The number of amides is 2. The molecule has 2 heterocycles. The Morgan fingerprint density at radius 3 is 2.61 bits per heavy atom. The predicted molar refractivity (Wildman–Crippen MR) is 102 cm³/mol. The van der Waals surface area contributed by atoms with Gasteiger partial charge in [0.2, 0.25) is 0 Å². The van der Waals surface area contributed by atoms with Gasteiger partial charge in [-0.25, -0.2) is 9.78 Å². The summed E-state index contributed by atoms with van der Waals surface area (Å²) in [7, 11) is 0. The number of hydrogen-bond acceptors (Lipinski definition) is 4. The molecule has 3 rings (SSSR count). The van der Waals surface area contributed by atoms with E-state index in [-0.39, 0.29) is 35.3 Å². The number of rotatable bonds is 5. The van der Waals surface area contributed by atoms with Crippen LogP contribution in [-0.4, -0.2) is 37.7 Å². The van der Waals surface area contributed by atoms with Crippen LogP contribution in [0.3, 0.4) is 0 Å². The zero-order valence-electron chi connectivity index (χ0n) is 15.1. The Labute approximate surface area is 163 Å². The van der Waals surface area contributed by atoms with E-state index in [0.717, 1.165) is 5.39 Å². The van der Waals surface area contributed by atoms with Gasteiger partial charge in [0.25, 0.3) is 0 Å². The Bertz CT molecular complexity index is 956. The van der Waals surface area contributed by atoms with Crippen molar-refractivity contribution in [2.45, 2.75) is 36.8 Å². The van der Waals surface area contributed by atoms with Crippen molar-refractivity contribution in [1.82, 2.24) is 20.1 Å². The van der Waals surface area contributed by atoms with Crippen LogP contribution in [0.4, 0.5) is 23.7 Å². The highest BCUT2D eigenvalue weighted by molar-refractivity contribution is 8.00. The van der Waals surface area contributed by atoms with Crippen LogP contribution in [0, 0.1) is 0 Å². The van der Waals surface area contributed by atoms with Gasteiger partial charge in [-0.15, -0.1) is 0 Å². The molecule has 0 bridgehead atoms. The normalized spacial score (nSPS) is 11.8. The zero-order valence-corrected chi connectivity index (χ0v) is 15.9. The predicted octanol–water partition coefficient (Wildman–Crippen LogP) is 5.01. The molecule has 0 saturated carbocycles. The first kappa shape index (κ1) is 20.0. The van der Waals surface area contributed by atoms with E-state index in [1.54, 1.807) is 17.2 Å². The molecule has 10 heteroatoms. The first-order chi connectivity index (χ1) is 13.2. The number of carbonyl (C=O) groups is 1. The molecule has 0 aliphatic rings. The third-order valence-corrected chi connectivity index (χ3v) is 4.70. The van der Waals surface area contributed by atoms with E-state index in [2.05, 4.69) is 20.5 Å². The molecule has 0 spiro atoms. The lowest BCUT2D eigenvalue weighted by atomic mass is 10.2. The SMILES string of the molecule is CC(C)N(Cc1n[nH]c2ncccc12)C(=O)Nc1ccc(SC(F)(F)F)cc1. The molecule has 28 heavy (non-hydrogen) atoms. The van der Waals surface area contributed by atoms with Crippen LogP contribution in [0.5, 0.6) is 0 Å². The summed E-state index contributed by atoms with van der Waals surface area (Å²) >= 11 is -0.197. The van der Waals surface area contributed by atoms with Crippen molar-refractivity contribution < 1.29 is 18.0 Å². The largest absolute Gasteiger partial charge is 0.446 e. The highest BCUT2D eigenvalue weighted by atomic mass is 32.2. The van der Waals surface area contributed by atoms with E-state index in [0.29, 0.717) is 17.0 Å². The molecular weight excluding hydrogens is 391 g/mol. The van der Waals surface area contributed by atoms with Crippen LogP contribution >= 0.6 is 11.8 Å². The number of H-pyrrole nitrogens is 1. The number of nitrogens with one attached hydrogen (secondary N) is 2. The van der Waals surface area contributed by atoms with Gasteiger partial charge in [0, 0.05) is 28.2 Å². The molecule has 0 radical (unpaired) electrons. The standard InChI is InChI=1S/C18H18F3N5OS/c1-11(2)26(10-15-14-4-3-9-22-16(14)25-24-15)17(27)23-12-5-7-13(8-6-12)28-18(19,20)21/h3-9,11H,10H2,1-2H3,(H,23,27)(H,22,24,25). The minimum atomic E-state index is -4.35. The number of thioether (sulfide) groups is 1. The van der Waals surface area contributed by atoms with Crippen molar-refractivity contribution in [3.8, 4) is 0 Å². The smallest absolute Gasteiger partial charge is 0.316 e. The second kappa shape index (κ2) is 8.09. The van der Waals surface area contributed by atoms with Gasteiger partial charge >= 0.3 is 11.5 Å². The van der Waals surface area contributed by atoms with Crippen molar-refractivity contribution in [1.29, 1.82) is 0 Å². The Kier molecular flexibility index (Phi) is 5.78. The van der Waals surface area contributed by atoms with Crippen molar-refractivity contribution in [3.63, 3.8) is 0 Å². The molecule has 0 atom stereocenters. The molecule has 6 nitrogen and oxygen atoms in total. The Morgan fingerprint density at radius 1 is 1.25 bits per heavy atom. The third kappa shape index (κ3) is 4.94. The van der Waals surface area contributed by atoms with Gasteiger partial charge in [0.15, 0.2) is 5.65 Å². The van der Waals surface area contributed by atoms with Crippen molar-refractivity contribution >= 4 is 34.5 Å². The van der Waals surface area contributed by atoms with Gasteiger partial charge in [0.05, 0.1) is 12.2 Å². The number of aromatic amines is 1. The molecule has 0 aliphatic carbocycles. The van der Waals surface area contributed by atoms with Crippen molar-refractivity contribution in [3.05, 3.63) is 48.3 Å². The van der Waals surface area contributed by atoms with Crippen LogP contribution in [0.25, 0.3) is 11.0 Å². The van der Waals surface area contributed by atoms with E-state index in [1.807, 2.05) is 19.9 Å². The van der Waals surface area contributed by atoms with Crippen LogP contribution in [-0.2, 0) is 6.54 Å². The number of alkyl halides is 3. The number of urea groups is 1. The second-order valence-electron chi connectivity index (χ2n) is 6.29. The molecule has 0 fully saturated rings. The summed E-state index contributed by atoms with van der Waals surface area (Å²) in [6.07, 6.45) is 1.65. The molecule has 2 aromatic heterocycles. The van der Waals surface area contributed by atoms with Crippen LogP contribution in [0.15, 0.2) is 47.5 Å². The number of aromatic nitrogens is 3. The fourth-order valence-electron chi connectivity index (χ4n) is 2.61. The lowest BCUT2D eigenvalue weighted by Crippen LogP contribution is -2.39. The highest BCUT2D eigenvalue weighted by Gasteiger charge is 2.29. The molecule has 2 amide bonds. The summed E-state index contributed by atoms with van der Waals surface area (Å²) < 4.78 is 37.2. The summed E-state index contributed by atoms with van der Waals surface area (Å²) in [5.41, 5.74) is -2.61. The molecule has 2 N–H and O–H groups in total. The molecule has 3 aromatic rings. The topological polar surface area (TPSA) is 73.9 Å². The maximum absolute atomic E-state index is 12.7. The lowest BCUT2D eigenvalue weighted by Gasteiger charge is -2.26. The molecule has 0 aliphatic heterocycles. The minimum Gasteiger partial charge on any atom is -0.316 e. The van der Waals surface area contributed by atoms with Crippen molar-refractivity contribution in [2.24, 2.45) is 0 Å². The summed E-state index contributed by atoms with van der Waals surface area (Å²) in [6, 6.07) is 8.70. The van der Waals surface area contributed by atoms with Gasteiger partial charge in [-0.2, -0.15) is 18.3 Å². The quantitative estimate of drug-likeness (QED) is 0.581. The van der Waals surface area contributed by atoms with Gasteiger partial charge in [0.1, 0.15) is 0 Å². The Balaban J connectivity index is 1.71. The number of pyridine rings is 1. The van der Waals surface area contributed by atoms with Gasteiger partial charge < -0.3 is 10.2 Å². The summed E-state index contributed by atoms with van der Waals surface area (Å²) in [5.74, 6) is 0. The van der Waals surface area contributed by atoms with Gasteiger partial charge in [-0.1, -0.05) is 0 Å². The Morgan fingerprint density at radius 2 is 1.96 bits per heavy atom. The fourth-order valence-corrected chi connectivity index (χ4v) is 3.15. The van der Waals surface area contributed by atoms with Crippen LogP contribution in [0.1, 0.15) is 19.5 Å². The maximum Gasteiger partial charge on any atom is 0.446 e. The minimum absolute atomic E-state index is 0.0571. The first-order valence-corrected chi connectivity index (χ1v) is 9.26. The third-order valence-electron chi connectivity index (χ3n) is 3.96. The zero-order chi connectivity index (χ0) is 20.3. The number of anilines is 1. The Hall–Kier alpha value is -2.75. The van der Waals surface area contributed by atoms with E-state index in [9.17, 15) is 18.0 Å². The summed E-state index contributed by atoms with van der Waals surface area (Å²) in [6.45, 7) is 4.00. The second-order valence-corrected chi connectivity index (χ2v) is 7.43. The number of benzene rings is 1. The van der Waals surface area contributed by atoms with E-state index >= 15 is 0 Å². The average Bonchev–Trinajstić information content (AvgIpc) is 3.03. The molecular formula is C18H18F3N5OS. The van der Waals surface area contributed by atoms with Gasteiger partial charge in [-0.05, 0) is 62.0 Å². The molecule has 1 aromatic carbocycles. The molecule has 148 valence electrons. The van der Waals surface area contributed by atoms with E-state index in [4.69, 9.17) is 0 Å². The number of fused-ring (bicyclic) bond motifs is 1. The maximum atomic E-state index is 12.7. The fraction of sp³-hybridized carbons (Fsp3) is 0.278. The lowest BCUT2D eigenvalue weighted by molar-refractivity contribution is -0.0328. The monoisotopic (exact) mass is 409 g/mol. The number of hydrogen-bond donors (Lipinski definition) is 2. The van der Waals surface area contributed by atoms with Crippen LogP contribution < -0.4 is 5.32 Å². The summed E-state index contributed by atoms with van der Waals surface area (Å²) in [5, 5.41) is 10.6. The number of nitrogens with zero attached hydrogens (tertiary/aromatic N) is 3. The van der Waals surface area contributed by atoms with Crippen molar-refractivity contribution in [2.75, 3.05) is 5.32 Å². The average molecular weight is 409 g/mol. The number of carbonyl (C=O) groups excluding carboxylic acids is 1. The first-order valence-electron chi connectivity index (χ1n) is 8.44.